The summed E-state index contributed by atoms with van der Waals surface area (Å²) in [6.07, 6.45) is 6.43. The fourth-order valence-corrected chi connectivity index (χ4v) is 3.47. The zero-order chi connectivity index (χ0) is 15.4. The number of rotatable bonds is 6. The van der Waals surface area contributed by atoms with Crippen LogP contribution in [0, 0.1) is 11.8 Å². The summed E-state index contributed by atoms with van der Waals surface area (Å²) in [7, 11) is 0. The molecule has 2 saturated heterocycles. The lowest BCUT2D eigenvalue weighted by Gasteiger charge is -2.41. The fraction of sp³-hybridized carbons (Fsp3) is 0.867. The van der Waals surface area contributed by atoms with Gasteiger partial charge in [-0.2, -0.15) is 0 Å². The molecule has 7 heteroatoms. The van der Waals surface area contributed by atoms with E-state index in [0.717, 1.165) is 45.2 Å². The van der Waals surface area contributed by atoms with Crippen molar-refractivity contribution in [1.29, 1.82) is 0 Å². The molecule has 0 aromatic carbocycles. The van der Waals surface area contributed by atoms with Gasteiger partial charge in [-0.1, -0.05) is 6.42 Å². The van der Waals surface area contributed by atoms with Crippen molar-refractivity contribution in [3.63, 3.8) is 0 Å². The number of amides is 2. The molecule has 0 radical (unpaired) electrons. The number of piperidine rings is 1. The number of hydrogen-bond donors (Lipinski definition) is 5. The maximum Gasteiger partial charge on any atom is 0.251 e. The SMILES string of the molecule is O=C(NCCCNC1NNC(=O)C2NCCCC12)C1CCC1. The average Bonchev–Trinajstić information content (AvgIpc) is 2.47. The summed E-state index contributed by atoms with van der Waals surface area (Å²) < 4.78 is 0. The predicted molar refractivity (Wildman–Crippen MR) is 82.6 cm³/mol. The van der Waals surface area contributed by atoms with Crippen LogP contribution in [-0.2, 0) is 9.59 Å². The lowest BCUT2D eigenvalue weighted by atomic mass is 9.85. The highest BCUT2D eigenvalue weighted by Gasteiger charge is 2.39. The van der Waals surface area contributed by atoms with Crippen molar-refractivity contribution >= 4 is 11.8 Å². The Hall–Kier alpha value is -1.18. The smallest absolute Gasteiger partial charge is 0.251 e. The Bertz CT molecular complexity index is 413. The molecule has 1 saturated carbocycles. The molecule has 2 amide bonds. The Balaban J connectivity index is 1.34. The van der Waals surface area contributed by atoms with Crippen LogP contribution in [-0.4, -0.2) is 43.7 Å². The molecule has 5 N–H and O–H groups in total. The largest absolute Gasteiger partial charge is 0.356 e. The molecule has 1 aliphatic carbocycles. The molecule has 3 rings (SSSR count). The normalized spacial score (nSPS) is 31.8. The van der Waals surface area contributed by atoms with E-state index >= 15 is 0 Å². The van der Waals surface area contributed by atoms with Crippen molar-refractivity contribution in [3.05, 3.63) is 0 Å². The Morgan fingerprint density at radius 3 is 2.82 bits per heavy atom. The van der Waals surface area contributed by atoms with Gasteiger partial charge in [0.15, 0.2) is 0 Å². The lowest BCUT2D eigenvalue weighted by molar-refractivity contribution is -0.130. The van der Waals surface area contributed by atoms with Gasteiger partial charge in [0.2, 0.25) is 5.91 Å². The fourth-order valence-electron chi connectivity index (χ4n) is 3.47. The minimum atomic E-state index is -0.0918. The molecule has 3 aliphatic rings. The van der Waals surface area contributed by atoms with E-state index in [9.17, 15) is 9.59 Å². The van der Waals surface area contributed by atoms with Crippen molar-refractivity contribution in [2.75, 3.05) is 19.6 Å². The minimum absolute atomic E-state index is 0.0375. The second-order valence-electron chi connectivity index (χ2n) is 6.58. The summed E-state index contributed by atoms with van der Waals surface area (Å²) in [5, 5.41) is 9.75. The molecule has 3 unspecified atom stereocenters. The molecule has 0 spiro atoms. The zero-order valence-corrected chi connectivity index (χ0v) is 13.0. The third kappa shape index (κ3) is 3.59. The summed E-state index contributed by atoms with van der Waals surface area (Å²) in [5.41, 5.74) is 5.80. The summed E-state index contributed by atoms with van der Waals surface area (Å²) >= 11 is 0. The number of hydrazine groups is 1. The molecule has 3 fully saturated rings. The molecule has 2 aliphatic heterocycles. The van der Waals surface area contributed by atoms with Gasteiger partial charge in [0.25, 0.3) is 5.91 Å². The van der Waals surface area contributed by atoms with Gasteiger partial charge in [0, 0.05) is 18.4 Å². The van der Waals surface area contributed by atoms with Gasteiger partial charge in [0.1, 0.15) is 0 Å². The van der Waals surface area contributed by atoms with Crippen LogP contribution in [0.4, 0.5) is 0 Å². The van der Waals surface area contributed by atoms with Crippen molar-refractivity contribution in [1.82, 2.24) is 26.8 Å². The summed E-state index contributed by atoms with van der Waals surface area (Å²) in [5.74, 6) is 0.797. The molecule has 2 heterocycles. The molecule has 0 bridgehead atoms. The van der Waals surface area contributed by atoms with Gasteiger partial charge in [0.05, 0.1) is 12.2 Å². The van der Waals surface area contributed by atoms with E-state index in [1.165, 1.54) is 6.42 Å². The van der Waals surface area contributed by atoms with Gasteiger partial charge in [-0.3, -0.25) is 15.0 Å². The molecular weight excluding hydrogens is 282 g/mol. The summed E-state index contributed by atoms with van der Waals surface area (Å²) in [6, 6.07) is -0.0918. The van der Waals surface area contributed by atoms with Crippen molar-refractivity contribution in [3.8, 4) is 0 Å². The van der Waals surface area contributed by atoms with E-state index in [2.05, 4.69) is 26.8 Å². The topological polar surface area (TPSA) is 94.3 Å². The van der Waals surface area contributed by atoms with Crippen molar-refractivity contribution in [2.24, 2.45) is 11.8 Å². The van der Waals surface area contributed by atoms with Gasteiger partial charge in [-0.15, -0.1) is 0 Å². The summed E-state index contributed by atoms with van der Waals surface area (Å²) in [4.78, 5) is 23.5. The Morgan fingerprint density at radius 1 is 1.18 bits per heavy atom. The number of carbonyl (C=O) groups excluding carboxylic acids is 2. The number of nitrogens with one attached hydrogen (secondary N) is 5. The second kappa shape index (κ2) is 7.39. The van der Waals surface area contributed by atoms with Gasteiger partial charge < -0.3 is 16.0 Å². The monoisotopic (exact) mass is 309 g/mol. The van der Waals surface area contributed by atoms with Crippen LogP contribution in [0.2, 0.25) is 0 Å². The lowest BCUT2D eigenvalue weighted by Crippen LogP contribution is -2.70. The van der Waals surface area contributed by atoms with E-state index in [1.54, 1.807) is 0 Å². The number of hydrogen-bond acceptors (Lipinski definition) is 5. The van der Waals surface area contributed by atoms with Crippen molar-refractivity contribution in [2.45, 2.75) is 50.7 Å². The zero-order valence-electron chi connectivity index (χ0n) is 13.0. The van der Waals surface area contributed by atoms with Crippen LogP contribution >= 0.6 is 0 Å². The number of fused-ring (bicyclic) bond motifs is 1. The predicted octanol–water partition coefficient (Wildman–Crippen LogP) is -0.789. The van der Waals surface area contributed by atoms with Gasteiger partial charge in [-0.25, -0.2) is 5.43 Å². The first-order valence-electron chi connectivity index (χ1n) is 8.55. The molecule has 0 aromatic rings. The van der Waals surface area contributed by atoms with E-state index in [-0.39, 0.29) is 35.9 Å². The third-order valence-corrected chi connectivity index (χ3v) is 5.06. The number of carbonyl (C=O) groups is 2. The third-order valence-electron chi connectivity index (χ3n) is 5.06. The Morgan fingerprint density at radius 2 is 2.05 bits per heavy atom. The maximum atomic E-state index is 11.8. The first kappa shape index (κ1) is 15.7. The highest BCUT2D eigenvalue weighted by Crippen LogP contribution is 2.26. The second-order valence-corrected chi connectivity index (χ2v) is 6.58. The van der Waals surface area contributed by atoms with E-state index in [1.807, 2.05) is 0 Å². The van der Waals surface area contributed by atoms with Crippen LogP contribution in [0.3, 0.4) is 0 Å². The van der Waals surface area contributed by atoms with E-state index < -0.39 is 0 Å². The van der Waals surface area contributed by atoms with E-state index in [4.69, 9.17) is 0 Å². The van der Waals surface area contributed by atoms with Crippen LogP contribution < -0.4 is 26.8 Å². The first-order chi connectivity index (χ1) is 10.8. The van der Waals surface area contributed by atoms with Crippen LogP contribution in [0.25, 0.3) is 0 Å². The maximum absolute atomic E-state index is 11.8. The summed E-state index contributed by atoms with van der Waals surface area (Å²) in [6.45, 7) is 2.45. The van der Waals surface area contributed by atoms with Gasteiger partial charge >= 0.3 is 0 Å². The standard InChI is InChI=1S/C15H27N5O2/c21-14(10-4-1-5-10)18-9-3-8-17-13-11-6-2-7-16-12(11)15(22)20-19-13/h10-13,16-17,19H,1-9H2,(H,18,21)(H,20,22). The molecule has 3 atom stereocenters. The minimum Gasteiger partial charge on any atom is -0.356 e. The Labute approximate surface area is 131 Å². The van der Waals surface area contributed by atoms with Crippen LogP contribution in [0.15, 0.2) is 0 Å². The molecule has 7 nitrogen and oxygen atoms in total. The molecule has 0 aromatic heterocycles. The van der Waals surface area contributed by atoms with Crippen LogP contribution in [0.1, 0.15) is 38.5 Å². The Kier molecular flexibility index (Phi) is 5.28. The average molecular weight is 309 g/mol. The quantitative estimate of drug-likeness (QED) is 0.415. The van der Waals surface area contributed by atoms with Gasteiger partial charge in [-0.05, 0) is 45.2 Å². The van der Waals surface area contributed by atoms with Crippen molar-refractivity contribution < 1.29 is 9.59 Å². The molecular formula is C15H27N5O2. The molecule has 124 valence electrons. The highest BCUT2D eigenvalue weighted by molar-refractivity contribution is 5.82. The van der Waals surface area contributed by atoms with Crippen LogP contribution in [0.5, 0.6) is 0 Å². The first-order valence-corrected chi connectivity index (χ1v) is 8.55. The highest BCUT2D eigenvalue weighted by atomic mass is 16.2. The molecule has 22 heavy (non-hydrogen) atoms. The van der Waals surface area contributed by atoms with E-state index in [0.29, 0.717) is 6.54 Å².